The summed E-state index contributed by atoms with van der Waals surface area (Å²) in [6.07, 6.45) is 1.41. The minimum atomic E-state index is -0.490. The third-order valence-electron chi connectivity index (χ3n) is 4.56. The van der Waals surface area contributed by atoms with E-state index < -0.39 is 5.60 Å². The molecule has 2 heterocycles. The molecule has 1 aromatic heterocycles. The number of aromatic nitrogens is 2. The van der Waals surface area contributed by atoms with Gasteiger partial charge in [-0.1, -0.05) is 12.1 Å². The van der Waals surface area contributed by atoms with E-state index in [1.165, 1.54) is 0 Å². The van der Waals surface area contributed by atoms with Crippen LogP contribution in [0.5, 0.6) is 5.75 Å². The van der Waals surface area contributed by atoms with Crippen LogP contribution in [0.1, 0.15) is 26.3 Å². The van der Waals surface area contributed by atoms with Gasteiger partial charge in [0.25, 0.3) is 0 Å². The molecular weight excluding hydrogens is 358 g/mol. The van der Waals surface area contributed by atoms with Crippen molar-refractivity contribution in [1.29, 1.82) is 0 Å². The normalized spacial score (nSPS) is 14.9. The van der Waals surface area contributed by atoms with Gasteiger partial charge in [0, 0.05) is 26.2 Å². The number of nitrogens with two attached hydrogens (primary N) is 1. The van der Waals surface area contributed by atoms with Crippen LogP contribution in [0.25, 0.3) is 0 Å². The number of ether oxygens (including phenoxy) is 2. The third kappa shape index (κ3) is 4.68. The summed E-state index contributed by atoms with van der Waals surface area (Å²) in [7, 11) is 1.65. The van der Waals surface area contributed by atoms with Crippen molar-refractivity contribution in [3.05, 3.63) is 36.0 Å². The maximum atomic E-state index is 12.3. The fraction of sp³-hybridized carbons (Fsp3) is 0.500. The van der Waals surface area contributed by atoms with Crippen LogP contribution in [0.2, 0.25) is 0 Å². The molecule has 152 valence electrons. The highest BCUT2D eigenvalue weighted by Gasteiger charge is 2.28. The molecule has 3 rings (SSSR count). The van der Waals surface area contributed by atoms with Crippen molar-refractivity contribution in [2.45, 2.75) is 32.9 Å². The van der Waals surface area contributed by atoms with E-state index in [2.05, 4.69) is 10.00 Å². The number of nitrogen functional groups attached to an aromatic ring is 1. The van der Waals surface area contributed by atoms with Crippen LogP contribution in [0.3, 0.4) is 0 Å². The maximum absolute atomic E-state index is 12.3. The van der Waals surface area contributed by atoms with Gasteiger partial charge < -0.3 is 25.0 Å². The standard InChI is InChI=1S/C20H29N5O3/c1-20(2,3)28-19(26)24-11-9-23(10-12-24)18-17(21)13-22-25(18)14-15-5-7-16(27-4)8-6-15/h5-8,13H,9-12,14,21H2,1-4H3. The molecule has 2 N–H and O–H groups in total. The second kappa shape index (κ2) is 8.00. The van der Waals surface area contributed by atoms with E-state index >= 15 is 0 Å². The molecule has 0 aliphatic carbocycles. The molecule has 0 radical (unpaired) electrons. The van der Waals surface area contributed by atoms with E-state index in [1.54, 1.807) is 18.2 Å². The van der Waals surface area contributed by atoms with E-state index in [9.17, 15) is 4.79 Å². The fourth-order valence-corrected chi connectivity index (χ4v) is 3.19. The Morgan fingerprint density at radius 3 is 2.36 bits per heavy atom. The van der Waals surface area contributed by atoms with Crippen LogP contribution < -0.4 is 15.4 Å². The molecule has 8 nitrogen and oxygen atoms in total. The molecule has 1 aliphatic rings. The SMILES string of the molecule is COc1ccc(Cn2ncc(N)c2N2CCN(C(=O)OC(C)(C)C)CC2)cc1. The van der Waals surface area contributed by atoms with E-state index in [1.807, 2.05) is 49.7 Å². The average Bonchev–Trinajstić information content (AvgIpc) is 3.01. The van der Waals surface area contributed by atoms with Crippen LogP contribution in [0.4, 0.5) is 16.3 Å². The molecule has 0 spiro atoms. The third-order valence-corrected chi connectivity index (χ3v) is 4.56. The lowest BCUT2D eigenvalue weighted by molar-refractivity contribution is 0.0240. The second-order valence-corrected chi connectivity index (χ2v) is 7.88. The van der Waals surface area contributed by atoms with Gasteiger partial charge in [-0.25, -0.2) is 9.48 Å². The number of carbonyl (C=O) groups excluding carboxylic acids is 1. The summed E-state index contributed by atoms with van der Waals surface area (Å²) in [5, 5.41) is 4.44. The lowest BCUT2D eigenvalue weighted by Crippen LogP contribution is -2.50. The molecule has 2 aromatic rings. The predicted octanol–water partition coefficient (Wildman–Crippen LogP) is 2.58. The summed E-state index contributed by atoms with van der Waals surface area (Å²) in [6.45, 7) is 8.77. The first-order valence-corrected chi connectivity index (χ1v) is 9.44. The molecule has 8 heteroatoms. The lowest BCUT2D eigenvalue weighted by atomic mass is 10.2. The first-order chi connectivity index (χ1) is 13.3. The van der Waals surface area contributed by atoms with Gasteiger partial charge in [-0.3, -0.25) is 0 Å². The number of piperazine rings is 1. The van der Waals surface area contributed by atoms with Crippen molar-refractivity contribution in [3.8, 4) is 5.75 Å². The lowest BCUT2D eigenvalue weighted by Gasteiger charge is -2.36. The zero-order chi connectivity index (χ0) is 20.3. The Morgan fingerprint density at radius 1 is 1.14 bits per heavy atom. The molecule has 0 unspecified atom stereocenters. The summed E-state index contributed by atoms with van der Waals surface area (Å²) in [5.74, 6) is 1.71. The number of hydrogen-bond acceptors (Lipinski definition) is 6. The highest BCUT2D eigenvalue weighted by Crippen LogP contribution is 2.26. The molecule has 28 heavy (non-hydrogen) atoms. The van der Waals surface area contributed by atoms with Crippen LogP contribution in [0, 0.1) is 0 Å². The molecule has 1 amide bonds. The van der Waals surface area contributed by atoms with Gasteiger partial charge in [0.2, 0.25) is 0 Å². The molecule has 1 aliphatic heterocycles. The zero-order valence-electron chi connectivity index (χ0n) is 17.0. The first-order valence-electron chi connectivity index (χ1n) is 9.44. The van der Waals surface area contributed by atoms with Crippen molar-refractivity contribution in [1.82, 2.24) is 14.7 Å². The summed E-state index contributed by atoms with van der Waals surface area (Å²) < 4.78 is 12.6. The monoisotopic (exact) mass is 387 g/mol. The van der Waals surface area contributed by atoms with Crippen LogP contribution in [-0.2, 0) is 11.3 Å². The van der Waals surface area contributed by atoms with E-state index in [-0.39, 0.29) is 6.09 Å². The smallest absolute Gasteiger partial charge is 0.410 e. The van der Waals surface area contributed by atoms with Gasteiger partial charge in [0.05, 0.1) is 25.5 Å². The number of rotatable bonds is 4. The Kier molecular flexibility index (Phi) is 5.67. The molecule has 1 saturated heterocycles. The van der Waals surface area contributed by atoms with Crippen LogP contribution in [0.15, 0.2) is 30.5 Å². The Balaban J connectivity index is 1.66. The molecule has 1 fully saturated rings. The van der Waals surface area contributed by atoms with Gasteiger partial charge in [0.1, 0.15) is 11.4 Å². The van der Waals surface area contributed by atoms with Crippen molar-refractivity contribution in [3.63, 3.8) is 0 Å². The summed E-state index contributed by atoms with van der Waals surface area (Å²) >= 11 is 0. The Labute approximate surface area is 165 Å². The van der Waals surface area contributed by atoms with E-state index in [0.29, 0.717) is 38.4 Å². The number of anilines is 2. The van der Waals surface area contributed by atoms with Crippen molar-refractivity contribution >= 4 is 17.6 Å². The number of nitrogens with zero attached hydrogens (tertiary/aromatic N) is 4. The Hall–Kier alpha value is -2.90. The predicted molar refractivity (Wildman–Crippen MR) is 109 cm³/mol. The second-order valence-electron chi connectivity index (χ2n) is 7.88. The number of amides is 1. The fourth-order valence-electron chi connectivity index (χ4n) is 3.19. The molecule has 0 atom stereocenters. The zero-order valence-corrected chi connectivity index (χ0v) is 17.0. The van der Waals surface area contributed by atoms with E-state index in [0.717, 1.165) is 17.1 Å². The van der Waals surface area contributed by atoms with Crippen molar-refractivity contribution < 1.29 is 14.3 Å². The average molecular weight is 387 g/mol. The van der Waals surface area contributed by atoms with Crippen LogP contribution in [-0.4, -0.2) is 59.7 Å². The summed E-state index contributed by atoms with van der Waals surface area (Å²) in [5.41, 5.74) is 7.46. The van der Waals surface area contributed by atoms with Gasteiger partial charge in [0.15, 0.2) is 5.82 Å². The minimum absolute atomic E-state index is 0.271. The molecule has 0 bridgehead atoms. The van der Waals surface area contributed by atoms with Crippen molar-refractivity contribution in [2.24, 2.45) is 0 Å². The number of hydrogen-bond donors (Lipinski definition) is 1. The molecule has 1 aromatic carbocycles. The van der Waals surface area contributed by atoms with Gasteiger partial charge in [-0.05, 0) is 38.5 Å². The number of carbonyl (C=O) groups is 1. The Bertz CT molecular complexity index is 802. The number of methoxy groups -OCH3 is 1. The van der Waals surface area contributed by atoms with E-state index in [4.69, 9.17) is 15.2 Å². The highest BCUT2D eigenvalue weighted by atomic mass is 16.6. The largest absolute Gasteiger partial charge is 0.497 e. The van der Waals surface area contributed by atoms with Crippen LogP contribution >= 0.6 is 0 Å². The van der Waals surface area contributed by atoms with Crippen molar-refractivity contribution in [2.75, 3.05) is 43.9 Å². The van der Waals surface area contributed by atoms with Gasteiger partial charge >= 0.3 is 6.09 Å². The minimum Gasteiger partial charge on any atom is -0.497 e. The van der Waals surface area contributed by atoms with Gasteiger partial charge in [-0.15, -0.1) is 0 Å². The highest BCUT2D eigenvalue weighted by molar-refractivity contribution is 5.69. The molecular formula is C20H29N5O3. The van der Waals surface area contributed by atoms with Gasteiger partial charge in [-0.2, -0.15) is 5.10 Å². The Morgan fingerprint density at radius 2 is 1.79 bits per heavy atom. The number of benzene rings is 1. The quantitative estimate of drug-likeness (QED) is 0.868. The first kappa shape index (κ1) is 19.9. The topological polar surface area (TPSA) is 85.9 Å². The summed E-state index contributed by atoms with van der Waals surface area (Å²) in [4.78, 5) is 16.2. The molecule has 0 saturated carbocycles. The maximum Gasteiger partial charge on any atom is 0.410 e. The summed E-state index contributed by atoms with van der Waals surface area (Å²) in [6, 6.07) is 7.89.